The van der Waals surface area contributed by atoms with E-state index in [-0.39, 0.29) is 17.5 Å². The van der Waals surface area contributed by atoms with Crippen LogP contribution in [0.3, 0.4) is 0 Å². The van der Waals surface area contributed by atoms with Crippen LogP contribution in [0.15, 0.2) is 40.5 Å². The molecule has 4 rings (SSSR count). The number of amides is 1. The highest BCUT2D eigenvalue weighted by atomic mass is 32.2. The van der Waals surface area contributed by atoms with Gasteiger partial charge in [-0.1, -0.05) is 11.8 Å². The number of fused-ring (bicyclic) bond motifs is 1. The summed E-state index contributed by atoms with van der Waals surface area (Å²) in [6.07, 6.45) is 6.14. The van der Waals surface area contributed by atoms with Gasteiger partial charge in [-0.05, 0) is 43.4 Å². The summed E-state index contributed by atoms with van der Waals surface area (Å²) >= 11 is 2.90. The number of aromatic nitrogens is 4. The molecule has 1 fully saturated rings. The van der Waals surface area contributed by atoms with Crippen molar-refractivity contribution in [3.05, 3.63) is 36.3 Å². The van der Waals surface area contributed by atoms with Crippen molar-refractivity contribution >= 4 is 46.3 Å². The van der Waals surface area contributed by atoms with Gasteiger partial charge in [-0.2, -0.15) is 5.10 Å². The number of halogens is 1. The van der Waals surface area contributed by atoms with E-state index >= 15 is 0 Å². The van der Waals surface area contributed by atoms with Crippen LogP contribution in [0, 0.1) is 5.82 Å². The maximum atomic E-state index is 12.9. The van der Waals surface area contributed by atoms with Crippen molar-refractivity contribution in [2.75, 3.05) is 36.5 Å². The number of carbonyl (C=O) groups is 1. The molecule has 0 atom stereocenters. The summed E-state index contributed by atoms with van der Waals surface area (Å²) in [6.45, 7) is 3.00. The summed E-state index contributed by atoms with van der Waals surface area (Å²) in [6, 6.07) is 6.13. The van der Waals surface area contributed by atoms with Gasteiger partial charge in [-0.15, -0.1) is 11.8 Å². The highest BCUT2D eigenvalue weighted by Gasteiger charge is 2.20. The lowest BCUT2D eigenvalue weighted by Gasteiger charge is -2.17. The van der Waals surface area contributed by atoms with E-state index in [2.05, 4.69) is 20.3 Å². The standard InChI is InChI=1S/C20H23FN6OS2/c1-29-20-24-18(26-9-2-3-10-26)16-12-23-27(19(16)25-20)11-8-22-17(28)13-30-15-6-4-14(21)5-7-15/h4-7,12H,2-3,8-11,13H2,1H3,(H,22,28). The van der Waals surface area contributed by atoms with E-state index in [4.69, 9.17) is 4.98 Å². The van der Waals surface area contributed by atoms with Gasteiger partial charge < -0.3 is 10.2 Å². The second-order valence-electron chi connectivity index (χ2n) is 6.93. The van der Waals surface area contributed by atoms with Gasteiger partial charge in [0.05, 0.1) is 23.9 Å². The van der Waals surface area contributed by atoms with E-state index in [9.17, 15) is 9.18 Å². The van der Waals surface area contributed by atoms with Crippen LogP contribution in [0.4, 0.5) is 10.2 Å². The van der Waals surface area contributed by atoms with E-state index in [1.807, 2.05) is 17.1 Å². The lowest BCUT2D eigenvalue weighted by molar-refractivity contribution is -0.118. The Kier molecular flexibility index (Phi) is 6.73. The number of rotatable bonds is 8. The van der Waals surface area contributed by atoms with Crippen LogP contribution in [0.1, 0.15) is 12.8 Å². The van der Waals surface area contributed by atoms with E-state index in [0.29, 0.717) is 13.1 Å². The molecule has 2 aromatic heterocycles. The highest BCUT2D eigenvalue weighted by Crippen LogP contribution is 2.28. The second kappa shape index (κ2) is 9.65. The molecule has 3 aromatic rings. The molecule has 0 radical (unpaired) electrons. The molecule has 30 heavy (non-hydrogen) atoms. The Morgan fingerprint density at radius 3 is 2.70 bits per heavy atom. The lowest BCUT2D eigenvalue weighted by atomic mass is 10.3. The van der Waals surface area contributed by atoms with Crippen LogP contribution in [0.5, 0.6) is 0 Å². The first-order valence-electron chi connectivity index (χ1n) is 9.81. The van der Waals surface area contributed by atoms with E-state index < -0.39 is 0 Å². The Labute approximate surface area is 182 Å². The molecule has 0 aliphatic carbocycles. The quantitative estimate of drug-likeness (QED) is 0.421. The Bertz CT molecular complexity index is 1020. The Morgan fingerprint density at radius 2 is 1.97 bits per heavy atom. The van der Waals surface area contributed by atoms with Crippen LogP contribution in [0.2, 0.25) is 0 Å². The fourth-order valence-electron chi connectivity index (χ4n) is 3.38. The van der Waals surface area contributed by atoms with E-state index in [1.165, 1.54) is 48.5 Å². The topological polar surface area (TPSA) is 75.9 Å². The minimum atomic E-state index is -0.281. The number of hydrogen-bond donors (Lipinski definition) is 1. The molecule has 1 amide bonds. The first-order valence-corrected chi connectivity index (χ1v) is 12.0. The summed E-state index contributed by atoms with van der Waals surface area (Å²) in [5, 5.41) is 9.08. The zero-order chi connectivity index (χ0) is 20.9. The zero-order valence-electron chi connectivity index (χ0n) is 16.7. The van der Waals surface area contributed by atoms with Gasteiger partial charge in [0.25, 0.3) is 0 Å². The van der Waals surface area contributed by atoms with Gasteiger partial charge in [-0.25, -0.2) is 19.0 Å². The van der Waals surface area contributed by atoms with Crippen LogP contribution >= 0.6 is 23.5 Å². The summed E-state index contributed by atoms with van der Waals surface area (Å²) in [5.41, 5.74) is 0.797. The molecule has 1 aliphatic rings. The predicted molar refractivity (Wildman–Crippen MR) is 119 cm³/mol. The molecule has 0 bridgehead atoms. The van der Waals surface area contributed by atoms with Crippen molar-refractivity contribution in [1.29, 1.82) is 0 Å². The summed E-state index contributed by atoms with van der Waals surface area (Å²) in [5.74, 6) is 0.881. The maximum Gasteiger partial charge on any atom is 0.230 e. The fraction of sp³-hybridized carbons (Fsp3) is 0.400. The molecule has 1 N–H and O–H groups in total. The average molecular weight is 447 g/mol. The molecule has 7 nitrogen and oxygen atoms in total. The number of nitrogens with zero attached hydrogens (tertiary/aromatic N) is 5. The second-order valence-corrected chi connectivity index (χ2v) is 8.75. The third kappa shape index (κ3) is 4.86. The molecule has 0 unspecified atom stereocenters. The Hall–Kier alpha value is -2.33. The smallest absolute Gasteiger partial charge is 0.230 e. The molecule has 1 aliphatic heterocycles. The molecule has 1 saturated heterocycles. The molecule has 10 heteroatoms. The van der Waals surface area contributed by atoms with Crippen LogP contribution in [-0.4, -0.2) is 57.3 Å². The number of hydrogen-bond acceptors (Lipinski definition) is 7. The minimum Gasteiger partial charge on any atom is -0.356 e. The Balaban J connectivity index is 1.37. The van der Waals surface area contributed by atoms with Crippen molar-refractivity contribution in [2.24, 2.45) is 0 Å². The Morgan fingerprint density at radius 1 is 1.20 bits per heavy atom. The van der Waals surface area contributed by atoms with Crippen molar-refractivity contribution in [3.63, 3.8) is 0 Å². The molecular weight excluding hydrogens is 423 g/mol. The van der Waals surface area contributed by atoms with Crippen molar-refractivity contribution < 1.29 is 9.18 Å². The first-order chi connectivity index (χ1) is 14.6. The van der Waals surface area contributed by atoms with Gasteiger partial charge in [0.2, 0.25) is 5.91 Å². The SMILES string of the molecule is CSc1nc(N2CCCC2)c2cnn(CCNC(=O)CSc3ccc(F)cc3)c2n1. The molecule has 1 aromatic carbocycles. The lowest BCUT2D eigenvalue weighted by Crippen LogP contribution is -2.29. The number of anilines is 1. The monoisotopic (exact) mass is 446 g/mol. The van der Waals surface area contributed by atoms with Gasteiger partial charge in [0.15, 0.2) is 10.8 Å². The van der Waals surface area contributed by atoms with E-state index in [1.54, 1.807) is 12.1 Å². The number of benzene rings is 1. The number of thioether (sulfide) groups is 2. The minimum absolute atomic E-state index is 0.0713. The van der Waals surface area contributed by atoms with Gasteiger partial charge in [0.1, 0.15) is 11.6 Å². The van der Waals surface area contributed by atoms with Crippen molar-refractivity contribution in [1.82, 2.24) is 25.1 Å². The summed E-state index contributed by atoms with van der Waals surface area (Å²) in [4.78, 5) is 24.6. The van der Waals surface area contributed by atoms with Gasteiger partial charge >= 0.3 is 0 Å². The highest BCUT2D eigenvalue weighted by molar-refractivity contribution is 8.00. The van der Waals surface area contributed by atoms with Gasteiger partial charge in [0, 0.05) is 24.5 Å². The molecule has 158 valence electrons. The fourth-order valence-corrected chi connectivity index (χ4v) is 4.46. The van der Waals surface area contributed by atoms with Crippen molar-refractivity contribution in [2.45, 2.75) is 29.4 Å². The average Bonchev–Trinajstić information content (AvgIpc) is 3.43. The van der Waals surface area contributed by atoms with Crippen molar-refractivity contribution in [3.8, 4) is 0 Å². The molecule has 3 heterocycles. The molecule has 0 saturated carbocycles. The zero-order valence-corrected chi connectivity index (χ0v) is 18.3. The summed E-state index contributed by atoms with van der Waals surface area (Å²) < 4.78 is 14.8. The van der Waals surface area contributed by atoms with Crippen LogP contribution in [-0.2, 0) is 11.3 Å². The maximum absolute atomic E-state index is 12.9. The molecule has 0 spiro atoms. The largest absolute Gasteiger partial charge is 0.356 e. The number of carbonyl (C=O) groups excluding carboxylic acids is 1. The first kappa shape index (κ1) is 20.9. The predicted octanol–water partition coefficient (Wildman–Crippen LogP) is 3.20. The van der Waals surface area contributed by atoms with Crippen LogP contribution < -0.4 is 10.2 Å². The third-order valence-electron chi connectivity index (χ3n) is 4.87. The van der Waals surface area contributed by atoms with Crippen LogP contribution in [0.25, 0.3) is 11.0 Å². The van der Waals surface area contributed by atoms with Gasteiger partial charge in [-0.3, -0.25) is 4.79 Å². The normalized spacial score (nSPS) is 13.9. The van der Waals surface area contributed by atoms with E-state index in [0.717, 1.165) is 40.0 Å². The third-order valence-corrected chi connectivity index (χ3v) is 6.43. The molecular formula is C20H23FN6OS2. The summed E-state index contributed by atoms with van der Waals surface area (Å²) in [7, 11) is 0. The number of nitrogens with one attached hydrogen (secondary N) is 1.